The molecule has 0 aliphatic rings. The first-order valence-electron chi connectivity index (χ1n) is 5.13. The van der Waals surface area contributed by atoms with Crippen molar-refractivity contribution in [3.05, 3.63) is 72.4 Å². The molecule has 2 heteroatoms. The lowest BCUT2D eigenvalue weighted by molar-refractivity contribution is 0.296. The summed E-state index contributed by atoms with van der Waals surface area (Å²) < 4.78 is 0. The van der Waals surface area contributed by atoms with Crippen molar-refractivity contribution in [3.63, 3.8) is 0 Å². The van der Waals surface area contributed by atoms with Crippen LogP contribution >= 0.6 is 0 Å². The van der Waals surface area contributed by atoms with Gasteiger partial charge in [-0.05, 0) is 23.8 Å². The van der Waals surface area contributed by atoms with E-state index in [1.165, 1.54) is 0 Å². The highest BCUT2D eigenvalue weighted by Gasteiger charge is 1.95. The van der Waals surface area contributed by atoms with Crippen molar-refractivity contribution in [2.24, 2.45) is 0 Å². The number of nitrogens with zero attached hydrogens (tertiary/aromatic N) is 1. The normalized spacial score (nSPS) is 10.6. The zero-order valence-electron chi connectivity index (χ0n) is 8.82. The van der Waals surface area contributed by atoms with Gasteiger partial charge in [0.2, 0.25) is 0 Å². The molecule has 1 N–H and O–H groups in total. The third kappa shape index (κ3) is 2.72. The minimum atomic E-state index is 0.745. The van der Waals surface area contributed by atoms with E-state index in [4.69, 9.17) is 0 Å². The summed E-state index contributed by atoms with van der Waals surface area (Å²) >= 11 is 0. The molecule has 0 amide bonds. The molecule has 0 aliphatic carbocycles. The molecule has 0 unspecified atom stereocenters. The molecule has 0 atom stereocenters. The van der Waals surface area contributed by atoms with Gasteiger partial charge < -0.3 is 0 Å². The summed E-state index contributed by atoms with van der Waals surface area (Å²) in [7, 11) is 0. The molecule has 16 heavy (non-hydrogen) atoms. The van der Waals surface area contributed by atoms with Crippen LogP contribution in [0.5, 0.6) is 0 Å². The molecule has 0 saturated carbocycles. The van der Waals surface area contributed by atoms with Crippen molar-refractivity contribution < 1.29 is 5.21 Å². The van der Waals surface area contributed by atoms with Gasteiger partial charge in [0.25, 0.3) is 0 Å². The molecule has 2 aromatic carbocycles. The Labute approximate surface area is 95.0 Å². The predicted octanol–water partition coefficient (Wildman–Crippen LogP) is 3.55. The summed E-state index contributed by atoms with van der Waals surface area (Å²) in [5.74, 6) is 0. The monoisotopic (exact) mass is 211 g/mol. The highest BCUT2D eigenvalue weighted by atomic mass is 16.5. The van der Waals surface area contributed by atoms with Gasteiger partial charge in [0.15, 0.2) is 0 Å². The smallest absolute Gasteiger partial charge is 0.0685 e. The summed E-state index contributed by atoms with van der Waals surface area (Å²) in [6.07, 6.45) is 3.48. The Morgan fingerprint density at radius 3 is 2.00 bits per heavy atom. The van der Waals surface area contributed by atoms with Gasteiger partial charge in [-0.2, -0.15) is 0 Å². The Hall–Kier alpha value is -2.06. The molecule has 0 aromatic heterocycles. The van der Waals surface area contributed by atoms with Gasteiger partial charge in [0, 0.05) is 6.20 Å². The standard InChI is InChI=1S/C14H13NO/c16-15(14-9-5-2-6-10-14)12-11-13-7-3-1-4-8-13/h1-12,16H. The van der Waals surface area contributed by atoms with Crippen LogP contribution in [-0.4, -0.2) is 5.21 Å². The van der Waals surface area contributed by atoms with Crippen LogP contribution in [0.1, 0.15) is 5.56 Å². The van der Waals surface area contributed by atoms with E-state index in [0.29, 0.717) is 0 Å². The van der Waals surface area contributed by atoms with Crippen LogP contribution in [-0.2, 0) is 0 Å². The second-order valence-corrected chi connectivity index (χ2v) is 3.41. The largest absolute Gasteiger partial charge is 0.284 e. The average molecular weight is 211 g/mol. The fraction of sp³-hybridized carbons (Fsp3) is 0. The number of hydrogen-bond donors (Lipinski definition) is 1. The van der Waals surface area contributed by atoms with Crippen LogP contribution in [0.15, 0.2) is 66.9 Å². The van der Waals surface area contributed by atoms with Crippen LogP contribution in [0.25, 0.3) is 6.08 Å². The van der Waals surface area contributed by atoms with Gasteiger partial charge in [-0.15, -0.1) is 0 Å². The molecule has 2 rings (SSSR count). The minimum Gasteiger partial charge on any atom is -0.284 e. The van der Waals surface area contributed by atoms with E-state index >= 15 is 0 Å². The Bertz CT molecular complexity index is 451. The SMILES string of the molecule is ON(C=Cc1ccccc1)c1ccccc1. The first-order chi connectivity index (χ1) is 7.86. The Morgan fingerprint density at radius 2 is 1.38 bits per heavy atom. The molecular formula is C14H13NO. The van der Waals surface area contributed by atoms with Crippen LogP contribution in [0.3, 0.4) is 0 Å². The molecule has 80 valence electrons. The second kappa shape index (κ2) is 5.14. The Balaban J connectivity index is 2.08. The van der Waals surface area contributed by atoms with Gasteiger partial charge in [0.1, 0.15) is 0 Å². The third-order valence-electron chi connectivity index (χ3n) is 2.23. The van der Waals surface area contributed by atoms with E-state index in [9.17, 15) is 5.21 Å². The van der Waals surface area contributed by atoms with Crippen molar-refractivity contribution in [1.82, 2.24) is 0 Å². The number of rotatable bonds is 3. The van der Waals surface area contributed by atoms with Crippen LogP contribution < -0.4 is 5.06 Å². The number of hydrogen-bond acceptors (Lipinski definition) is 2. The average Bonchev–Trinajstić information content (AvgIpc) is 2.38. The van der Waals surface area contributed by atoms with E-state index in [0.717, 1.165) is 16.3 Å². The van der Waals surface area contributed by atoms with Crippen LogP contribution in [0, 0.1) is 0 Å². The number of benzene rings is 2. The van der Waals surface area contributed by atoms with Crippen LogP contribution in [0.4, 0.5) is 5.69 Å². The highest BCUT2D eigenvalue weighted by Crippen LogP contribution is 2.12. The van der Waals surface area contributed by atoms with Crippen molar-refractivity contribution >= 4 is 11.8 Å². The van der Waals surface area contributed by atoms with E-state index in [1.807, 2.05) is 66.7 Å². The molecular weight excluding hydrogens is 198 g/mol. The predicted molar refractivity (Wildman–Crippen MR) is 66.2 cm³/mol. The second-order valence-electron chi connectivity index (χ2n) is 3.41. The van der Waals surface area contributed by atoms with Gasteiger partial charge in [-0.3, -0.25) is 5.21 Å². The lowest BCUT2D eigenvalue weighted by atomic mass is 10.2. The number of para-hydroxylation sites is 1. The topological polar surface area (TPSA) is 23.5 Å². The lowest BCUT2D eigenvalue weighted by Crippen LogP contribution is -2.08. The van der Waals surface area contributed by atoms with Crippen molar-refractivity contribution in [3.8, 4) is 0 Å². The van der Waals surface area contributed by atoms with E-state index in [2.05, 4.69) is 0 Å². The van der Waals surface area contributed by atoms with Crippen molar-refractivity contribution in [2.75, 3.05) is 5.06 Å². The minimum absolute atomic E-state index is 0.745. The number of anilines is 1. The molecule has 0 aliphatic heterocycles. The Morgan fingerprint density at radius 1 is 0.812 bits per heavy atom. The van der Waals surface area contributed by atoms with E-state index in [-0.39, 0.29) is 0 Å². The maximum atomic E-state index is 9.73. The molecule has 2 aromatic rings. The molecule has 0 fully saturated rings. The highest BCUT2D eigenvalue weighted by molar-refractivity contribution is 5.55. The fourth-order valence-electron chi connectivity index (χ4n) is 1.39. The van der Waals surface area contributed by atoms with Crippen molar-refractivity contribution in [1.29, 1.82) is 0 Å². The van der Waals surface area contributed by atoms with E-state index < -0.39 is 0 Å². The molecule has 0 radical (unpaired) electrons. The summed E-state index contributed by atoms with van der Waals surface area (Å²) in [6.45, 7) is 0. The first-order valence-corrected chi connectivity index (χ1v) is 5.13. The maximum absolute atomic E-state index is 9.73. The molecule has 0 heterocycles. The van der Waals surface area contributed by atoms with Crippen LogP contribution in [0.2, 0.25) is 0 Å². The van der Waals surface area contributed by atoms with Gasteiger partial charge in [-0.25, -0.2) is 5.06 Å². The quantitative estimate of drug-likeness (QED) is 0.785. The molecule has 0 bridgehead atoms. The summed E-state index contributed by atoms with van der Waals surface area (Å²) in [4.78, 5) is 0. The zero-order valence-corrected chi connectivity index (χ0v) is 8.82. The van der Waals surface area contributed by atoms with Crippen molar-refractivity contribution in [2.45, 2.75) is 0 Å². The molecule has 0 spiro atoms. The zero-order chi connectivity index (χ0) is 11.2. The fourth-order valence-corrected chi connectivity index (χ4v) is 1.39. The number of hydroxylamine groups is 1. The van der Waals surface area contributed by atoms with Gasteiger partial charge >= 0.3 is 0 Å². The first kappa shape index (κ1) is 10.5. The summed E-state index contributed by atoms with van der Waals surface area (Å²) in [6, 6.07) is 19.2. The van der Waals surface area contributed by atoms with Gasteiger partial charge in [0.05, 0.1) is 5.69 Å². The summed E-state index contributed by atoms with van der Waals surface area (Å²) in [5, 5.41) is 10.8. The van der Waals surface area contributed by atoms with Gasteiger partial charge in [-0.1, -0.05) is 48.5 Å². The molecule has 2 nitrogen and oxygen atoms in total. The lowest BCUT2D eigenvalue weighted by Gasteiger charge is -2.10. The molecule has 0 saturated heterocycles. The maximum Gasteiger partial charge on any atom is 0.0685 e. The Kier molecular flexibility index (Phi) is 3.36. The summed E-state index contributed by atoms with van der Waals surface area (Å²) in [5.41, 5.74) is 1.80. The van der Waals surface area contributed by atoms with E-state index in [1.54, 1.807) is 6.20 Å². The third-order valence-corrected chi connectivity index (χ3v) is 2.23.